The first-order chi connectivity index (χ1) is 15.9. The fourth-order valence-electron chi connectivity index (χ4n) is 3.53. The van der Waals surface area contributed by atoms with E-state index >= 15 is 0 Å². The van der Waals surface area contributed by atoms with Crippen molar-refractivity contribution in [3.63, 3.8) is 0 Å². The molecule has 0 aliphatic carbocycles. The number of nitrogens with one attached hydrogen (secondary N) is 1. The molecule has 0 bridgehead atoms. The number of nitrogens with zero attached hydrogens (tertiary/aromatic N) is 3. The highest BCUT2D eigenvalue weighted by Gasteiger charge is 2.35. The van der Waals surface area contributed by atoms with Gasteiger partial charge >= 0.3 is 0 Å². The molecular formula is C24H24N4O3S2. The summed E-state index contributed by atoms with van der Waals surface area (Å²) in [4.78, 5) is 32.9. The Bertz CT molecular complexity index is 1290. The molecule has 1 fully saturated rings. The molecular weight excluding hydrogens is 456 g/mol. The molecule has 3 aromatic rings. The summed E-state index contributed by atoms with van der Waals surface area (Å²) in [6, 6.07) is 14.5. The molecule has 1 aliphatic heterocycles. The number of hydrogen-bond acceptors (Lipinski definition) is 7. The molecule has 2 N–H and O–H groups in total. The van der Waals surface area contributed by atoms with E-state index in [9.17, 15) is 14.7 Å². The minimum atomic E-state index is -0.793. The van der Waals surface area contributed by atoms with E-state index < -0.39 is 6.10 Å². The molecule has 9 heteroatoms. The van der Waals surface area contributed by atoms with E-state index in [0.717, 1.165) is 12.0 Å². The highest BCUT2D eigenvalue weighted by Crippen LogP contribution is 2.34. The molecule has 1 amide bonds. The van der Waals surface area contributed by atoms with Crippen LogP contribution in [0, 0.1) is 0 Å². The third kappa shape index (κ3) is 4.71. The number of aliphatic hydroxyl groups is 1. The maximum atomic E-state index is 13.3. The van der Waals surface area contributed by atoms with Gasteiger partial charge in [0.2, 0.25) is 0 Å². The molecule has 0 unspecified atom stereocenters. The smallest absolute Gasteiger partial charge is 0.267 e. The zero-order valence-corrected chi connectivity index (χ0v) is 19.9. The van der Waals surface area contributed by atoms with Crippen LogP contribution in [-0.2, 0) is 4.79 Å². The Hall–Kier alpha value is -3.01. The molecule has 4 rings (SSSR count). The predicted molar refractivity (Wildman–Crippen MR) is 136 cm³/mol. The van der Waals surface area contributed by atoms with Crippen LogP contribution in [0.3, 0.4) is 0 Å². The minimum absolute atomic E-state index is 0.0298. The number of thiocarbonyl (C=S) groups is 1. The largest absolute Gasteiger partial charge is 0.387 e. The molecule has 3 heterocycles. The number of aliphatic hydroxyl groups excluding tert-OH is 1. The van der Waals surface area contributed by atoms with Crippen LogP contribution in [0.25, 0.3) is 11.7 Å². The van der Waals surface area contributed by atoms with E-state index in [2.05, 4.69) is 10.3 Å². The van der Waals surface area contributed by atoms with Gasteiger partial charge in [-0.3, -0.25) is 18.9 Å². The van der Waals surface area contributed by atoms with Gasteiger partial charge in [-0.2, -0.15) is 0 Å². The number of benzene rings is 1. The van der Waals surface area contributed by atoms with E-state index in [1.165, 1.54) is 16.2 Å². The molecule has 1 aromatic carbocycles. The Morgan fingerprint density at radius 3 is 2.64 bits per heavy atom. The van der Waals surface area contributed by atoms with Crippen molar-refractivity contribution in [1.29, 1.82) is 0 Å². The lowest BCUT2D eigenvalue weighted by molar-refractivity contribution is -0.123. The van der Waals surface area contributed by atoms with Crippen molar-refractivity contribution in [2.75, 3.05) is 11.9 Å². The van der Waals surface area contributed by atoms with Gasteiger partial charge < -0.3 is 10.4 Å². The zero-order chi connectivity index (χ0) is 23.5. The van der Waals surface area contributed by atoms with Crippen LogP contribution >= 0.6 is 24.0 Å². The highest BCUT2D eigenvalue weighted by molar-refractivity contribution is 8.26. The summed E-state index contributed by atoms with van der Waals surface area (Å²) in [5.41, 5.74) is 1.14. The van der Waals surface area contributed by atoms with Crippen LogP contribution in [0.5, 0.6) is 0 Å². The van der Waals surface area contributed by atoms with Crippen molar-refractivity contribution in [3.8, 4) is 0 Å². The van der Waals surface area contributed by atoms with Gasteiger partial charge in [-0.1, -0.05) is 67.3 Å². The van der Waals surface area contributed by atoms with Crippen LogP contribution in [0.15, 0.2) is 64.4 Å². The number of thioether (sulfide) groups is 1. The number of rotatable bonds is 7. The molecule has 170 valence electrons. The van der Waals surface area contributed by atoms with Gasteiger partial charge in [-0.05, 0) is 37.1 Å². The first-order valence-electron chi connectivity index (χ1n) is 10.7. The highest BCUT2D eigenvalue weighted by atomic mass is 32.2. The lowest BCUT2D eigenvalue weighted by atomic mass is 10.1. The molecule has 0 saturated carbocycles. The first kappa shape index (κ1) is 23.2. The van der Waals surface area contributed by atoms with E-state index in [1.54, 1.807) is 35.4 Å². The normalized spacial score (nSPS) is 17.1. The Balaban J connectivity index is 1.73. The summed E-state index contributed by atoms with van der Waals surface area (Å²) >= 11 is 6.60. The molecule has 0 radical (unpaired) electrons. The number of anilines is 1. The lowest BCUT2D eigenvalue weighted by Gasteiger charge is -2.21. The van der Waals surface area contributed by atoms with Crippen LogP contribution in [-0.4, -0.2) is 42.2 Å². The summed E-state index contributed by atoms with van der Waals surface area (Å²) in [5.74, 6) is 0.0853. The zero-order valence-electron chi connectivity index (χ0n) is 18.3. The third-order valence-electron chi connectivity index (χ3n) is 5.55. The average Bonchev–Trinajstić information content (AvgIpc) is 3.12. The number of hydrogen-bond donors (Lipinski definition) is 2. The molecule has 2 aromatic heterocycles. The van der Waals surface area contributed by atoms with Crippen molar-refractivity contribution >= 4 is 51.7 Å². The quantitative estimate of drug-likeness (QED) is 0.392. The Morgan fingerprint density at radius 2 is 1.91 bits per heavy atom. The fourth-order valence-corrected chi connectivity index (χ4v) is 4.97. The van der Waals surface area contributed by atoms with Crippen LogP contribution in [0.1, 0.15) is 37.5 Å². The van der Waals surface area contributed by atoms with Crippen molar-refractivity contribution in [1.82, 2.24) is 14.3 Å². The fraction of sp³-hybridized carbons (Fsp3) is 0.250. The van der Waals surface area contributed by atoms with Gasteiger partial charge in [0.15, 0.2) is 0 Å². The molecule has 33 heavy (non-hydrogen) atoms. The maximum Gasteiger partial charge on any atom is 0.267 e. The van der Waals surface area contributed by atoms with Gasteiger partial charge in [-0.25, -0.2) is 4.98 Å². The molecule has 1 saturated heterocycles. The second-order valence-electron chi connectivity index (χ2n) is 7.72. The second kappa shape index (κ2) is 9.86. The average molecular weight is 481 g/mol. The van der Waals surface area contributed by atoms with Gasteiger partial charge in [-0.15, -0.1) is 0 Å². The van der Waals surface area contributed by atoms with Crippen molar-refractivity contribution < 1.29 is 9.90 Å². The van der Waals surface area contributed by atoms with E-state index in [1.807, 2.05) is 44.2 Å². The van der Waals surface area contributed by atoms with E-state index in [4.69, 9.17) is 12.2 Å². The SMILES string of the molecule is CC[C@@H](C)N1C(=O)/C(=C/c2c(NC[C@@H](O)c3ccccc3)nc3ccccn3c2=O)SC1=S. The summed E-state index contributed by atoms with van der Waals surface area (Å²) < 4.78 is 1.91. The molecule has 1 aliphatic rings. The van der Waals surface area contributed by atoms with Gasteiger partial charge in [0.25, 0.3) is 11.5 Å². The molecule has 7 nitrogen and oxygen atoms in total. The summed E-state index contributed by atoms with van der Waals surface area (Å²) in [7, 11) is 0. The Morgan fingerprint density at radius 1 is 1.18 bits per heavy atom. The molecule has 0 spiro atoms. The van der Waals surface area contributed by atoms with Crippen LogP contribution in [0.4, 0.5) is 5.82 Å². The van der Waals surface area contributed by atoms with Crippen LogP contribution in [0.2, 0.25) is 0 Å². The Kier molecular flexibility index (Phi) is 6.92. The van der Waals surface area contributed by atoms with Crippen molar-refractivity contribution in [3.05, 3.63) is 81.1 Å². The van der Waals surface area contributed by atoms with Crippen LogP contribution < -0.4 is 10.9 Å². The predicted octanol–water partition coefficient (Wildman–Crippen LogP) is 3.84. The third-order valence-corrected chi connectivity index (χ3v) is 6.88. The Labute approximate surface area is 201 Å². The molecule has 2 atom stereocenters. The standard InChI is InChI=1S/C24H24N4O3S2/c1-3-15(2)28-23(31)19(33-24(28)32)13-17-21(25-14-18(29)16-9-5-4-6-10-16)26-20-11-7-8-12-27(20)22(17)30/h4-13,15,18,25,29H,3,14H2,1-2H3/b19-13-/t15-,18-/m1/s1. The number of amides is 1. The monoisotopic (exact) mass is 480 g/mol. The maximum absolute atomic E-state index is 13.3. The van der Waals surface area contributed by atoms with Gasteiger partial charge in [0, 0.05) is 18.8 Å². The van der Waals surface area contributed by atoms with Crippen molar-refractivity contribution in [2.45, 2.75) is 32.4 Å². The van der Waals surface area contributed by atoms with Gasteiger partial charge in [0.1, 0.15) is 15.8 Å². The lowest BCUT2D eigenvalue weighted by Crippen LogP contribution is -2.36. The topological polar surface area (TPSA) is 86.9 Å². The van der Waals surface area contributed by atoms with Gasteiger partial charge in [0.05, 0.1) is 16.6 Å². The van der Waals surface area contributed by atoms with E-state index in [-0.39, 0.29) is 29.6 Å². The summed E-state index contributed by atoms with van der Waals surface area (Å²) in [6.45, 7) is 4.08. The summed E-state index contributed by atoms with van der Waals surface area (Å²) in [6.07, 6.45) is 3.16. The number of carbonyl (C=O) groups is 1. The van der Waals surface area contributed by atoms with E-state index in [0.29, 0.717) is 20.7 Å². The first-order valence-corrected chi connectivity index (χ1v) is 11.9. The number of carbonyl (C=O) groups excluding carboxylic acids is 1. The second-order valence-corrected chi connectivity index (χ2v) is 9.40. The summed E-state index contributed by atoms with van der Waals surface area (Å²) in [5, 5.41) is 13.7. The number of aromatic nitrogens is 2. The minimum Gasteiger partial charge on any atom is -0.387 e. The van der Waals surface area contributed by atoms with Crippen molar-refractivity contribution in [2.24, 2.45) is 0 Å². The number of pyridine rings is 1. The number of fused-ring (bicyclic) bond motifs is 1.